The van der Waals surface area contributed by atoms with E-state index in [1.54, 1.807) is 0 Å². The fourth-order valence-electron chi connectivity index (χ4n) is 2.37. The topological polar surface area (TPSA) is 58.4 Å². The number of carbonyl (C=O) groups is 1. The molecule has 0 atom stereocenters. The molecule has 0 saturated carbocycles. The van der Waals surface area contributed by atoms with Gasteiger partial charge in [0.2, 0.25) is 5.91 Å². The van der Waals surface area contributed by atoms with Crippen LogP contribution in [0, 0.1) is 0 Å². The Labute approximate surface area is 115 Å². The number of hydrogen-bond acceptors (Lipinski definition) is 3. The second-order valence-electron chi connectivity index (χ2n) is 5.96. The minimum atomic E-state index is -0.476. The molecule has 1 amide bonds. The third kappa shape index (κ3) is 4.24. The maximum Gasteiger partial charge on any atom is 0.226 e. The number of nitrogens with two attached hydrogens (primary N) is 1. The standard InChI is InChI=1S/C15H23N3O/c1-15(2,16)11-14(19)17-12-6-5-7-13(10-12)18-8-3-4-9-18/h5-7,10H,3-4,8-9,11,16H2,1-2H3,(H,17,19). The second-order valence-corrected chi connectivity index (χ2v) is 5.96. The summed E-state index contributed by atoms with van der Waals surface area (Å²) < 4.78 is 0. The fraction of sp³-hybridized carbons (Fsp3) is 0.533. The van der Waals surface area contributed by atoms with Gasteiger partial charge in [-0.3, -0.25) is 4.79 Å². The lowest BCUT2D eigenvalue weighted by atomic mass is 10.0. The Morgan fingerprint density at radius 1 is 1.37 bits per heavy atom. The van der Waals surface area contributed by atoms with Crippen molar-refractivity contribution in [1.29, 1.82) is 0 Å². The van der Waals surface area contributed by atoms with Gasteiger partial charge in [0, 0.05) is 36.4 Å². The Morgan fingerprint density at radius 2 is 2.05 bits per heavy atom. The van der Waals surface area contributed by atoms with Crippen molar-refractivity contribution in [2.24, 2.45) is 5.73 Å². The van der Waals surface area contributed by atoms with Crippen LogP contribution in [0.2, 0.25) is 0 Å². The van der Waals surface area contributed by atoms with Gasteiger partial charge in [0.15, 0.2) is 0 Å². The van der Waals surface area contributed by atoms with Crippen molar-refractivity contribution >= 4 is 17.3 Å². The average molecular weight is 261 g/mol. The van der Waals surface area contributed by atoms with Gasteiger partial charge in [0.25, 0.3) is 0 Å². The summed E-state index contributed by atoms with van der Waals surface area (Å²) >= 11 is 0. The van der Waals surface area contributed by atoms with Crippen LogP contribution >= 0.6 is 0 Å². The summed E-state index contributed by atoms with van der Waals surface area (Å²) in [5, 5.41) is 2.92. The Bertz CT molecular complexity index is 445. The Morgan fingerprint density at radius 3 is 2.68 bits per heavy atom. The molecule has 0 radical (unpaired) electrons. The molecule has 0 unspecified atom stereocenters. The molecule has 0 bridgehead atoms. The number of anilines is 2. The van der Waals surface area contributed by atoms with Crippen LogP contribution in [-0.4, -0.2) is 24.5 Å². The van der Waals surface area contributed by atoms with Gasteiger partial charge in [-0.1, -0.05) is 6.07 Å². The van der Waals surface area contributed by atoms with Crippen LogP contribution in [0.4, 0.5) is 11.4 Å². The molecule has 19 heavy (non-hydrogen) atoms. The zero-order chi connectivity index (χ0) is 13.9. The lowest BCUT2D eigenvalue weighted by Crippen LogP contribution is -2.36. The molecular weight excluding hydrogens is 238 g/mol. The van der Waals surface area contributed by atoms with Gasteiger partial charge >= 0.3 is 0 Å². The quantitative estimate of drug-likeness (QED) is 0.874. The zero-order valence-corrected chi connectivity index (χ0v) is 11.8. The third-order valence-corrected chi connectivity index (χ3v) is 3.22. The lowest BCUT2D eigenvalue weighted by Gasteiger charge is -2.20. The highest BCUT2D eigenvalue weighted by atomic mass is 16.1. The van der Waals surface area contributed by atoms with Crippen LogP contribution < -0.4 is 16.0 Å². The number of benzene rings is 1. The van der Waals surface area contributed by atoms with Crippen molar-refractivity contribution in [3.63, 3.8) is 0 Å². The highest BCUT2D eigenvalue weighted by molar-refractivity contribution is 5.91. The van der Waals surface area contributed by atoms with E-state index >= 15 is 0 Å². The molecule has 2 rings (SSSR count). The summed E-state index contributed by atoms with van der Waals surface area (Å²) in [7, 11) is 0. The maximum atomic E-state index is 11.9. The first kappa shape index (κ1) is 13.9. The summed E-state index contributed by atoms with van der Waals surface area (Å²) in [4.78, 5) is 14.2. The first-order valence-electron chi connectivity index (χ1n) is 6.88. The Kier molecular flexibility index (Phi) is 4.10. The van der Waals surface area contributed by atoms with E-state index in [0.29, 0.717) is 6.42 Å². The maximum absolute atomic E-state index is 11.9. The number of carbonyl (C=O) groups excluding carboxylic acids is 1. The van der Waals surface area contributed by atoms with Gasteiger partial charge in [-0.05, 0) is 44.9 Å². The number of rotatable bonds is 4. The summed E-state index contributed by atoms with van der Waals surface area (Å²) in [6.45, 7) is 5.92. The minimum absolute atomic E-state index is 0.0360. The van der Waals surface area contributed by atoms with Crippen molar-refractivity contribution < 1.29 is 4.79 Å². The molecule has 1 heterocycles. The van der Waals surface area contributed by atoms with Crippen molar-refractivity contribution in [3.8, 4) is 0 Å². The smallest absolute Gasteiger partial charge is 0.226 e. The first-order chi connectivity index (χ1) is 8.94. The molecule has 1 aliphatic rings. The predicted molar refractivity (Wildman–Crippen MR) is 79.4 cm³/mol. The predicted octanol–water partition coefficient (Wildman–Crippen LogP) is 2.35. The van der Waals surface area contributed by atoms with Crippen LogP contribution in [0.5, 0.6) is 0 Å². The van der Waals surface area contributed by atoms with E-state index in [1.807, 2.05) is 32.0 Å². The van der Waals surface area contributed by atoms with E-state index in [2.05, 4.69) is 16.3 Å². The molecule has 1 fully saturated rings. The second kappa shape index (κ2) is 5.61. The zero-order valence-electron chi connectivity index (χ0n) is 11.8. The van der Waals surface area contributed by atoms with Crippen LogP contribution in [-0.2, 0) is 4.79 Å². The molecule has 1 saturated heterocycles. The summed E-state index contributed by atoms with van der Waals surface area (Å²) in [6, 6.07) is 8.03. The first-order valence-corrected chi connectivity index (χ1v) is 6.88. The number of hydrogen-bond donors (Lipinski definition) is 2. The van der Waals surface area contributed by atoms with Gasteiger partial charge in [0.05, 0.1) is 0 Å². The molecule has 0 aromatic heterocycles. The molecule has 0 spiro atoms. The number of amides is 1. The SMILES string of the molecule is CC(C)(N)CC(=O)Nc1cccc(N2CCCC2)c1. The molecule has 1 aromatic carbocycles. The van der Waals surface area contributed by atoms with Crippen LogP contribution in [0.25, 0.3) is 0 Å². The number of nitrogens with one attached hydrogen (secondary N) is 1. The molecule has 3 N–H and O–H groups in total. The Hall–Kier alpha value is -1.55. The van der Waals surface area contributed by atoms with Crippen molar-refractivity contribution in [2.45, 2.75) is 38.6 Å². The van der Waals surface area contributed by atoms with E-state index < -0.39 is 5.54 Å². The summed E-state index contributed by atoms with van der Waals surface area (Å²) in [6.07, 6.45) is 2.82. The summed E-state index contributed by atoms with van der Waals surface area (Å²) in [5.41, 5.74) is 7.40. The van der Waals surface area contributed by atoms with Gasteiger partial charge in [0.1, 0.15) is 0 Å². The monoisotopic (exact) mass is 261 g/mol. The van der Waals surface area contributed by atoms with Gasteiger partial charge in [-0.2, -0.15) is 0 Å². The average Bonchev–Trinajstić information content (AvgIpc) is 2.79. The van der Waals surface area contributed by atoms with Crippen molar-refractivity contribution in [2.75, 3.05) is 23.3 Å². The van der Waals surface area contributed by atoms with Crippen LogP contribution in [0.15, 0.2) is 24.3 Å². The molecule has 0 aliphatic carbocycles. The molecule has 4 nitrogen and oxygen atoms in total. The molecule has 104 valence electrons. The highest BCUT2D eigenvalue weighted by Crippen LogP contribution is 2.23. The molecule has 1 aliphatic heterocycles. The van der Waals surface area contributed by atoms with Gasteiger partial charge < -0.3 is 16.0 Å². The molecule has 4 heteroatoms. The van der Waals surface area contributed by atoms with Crippen molar-refractivity contribution in [3.05, 3.63) is 24.3 Å². The third-order valence-electron chi connectivity index (χ3n) is 3.22. The van der Waals surface area contributed by atoms with Crippen LogP contribution in [0.1, 0.15) is 33.1 Å². The largest absolute Gasteiger partial charge is 0.371 e. The van der Waals surface area contributed by atoms with E-state index in [-0.39, 0.29) is 5.91 Å². The fourth-order valence-corrected chi connectivity index (χ4v) is 2.37. The van der Waals surface area contributed by atoms with E-state index in [0.717, 1.165) is 18.8 Å². The molecule has 1 aromatic rings. The van der Waals surface area contributed by atoms with Gasteiger partial charge in [-0.15, -0.1) is 0 Å². The lowest BCUT2D eigenvalue weighted by molar-refractivity contribution is -0.117. The van der Waals surface area contributed by atoms with Gasteiger partial charge in [-0.25, -0.2) is 0 Å². The summed E-state index contributed by atoms with van der Waals surface area (Å²) in [5.74, 6) is -0.0360. The number of nitrogens with zero attached hydrogens (tertiary/aromatic N) is 1. The highest BCUT2D eigenvalue weighted by Gasteiger charge is 2.17. The normalized spacial score (nSPS) is 15.6. The minimum Gasteiger partial charge on any atom is -0.371 e. The van der Waals surface area contributed by atoms with Crippen molar-refractivity contribution in [1.82, 2.24) is 0 Å². The van der Waals surface area contributed by atoms with E-state index in [9.17, 15) is 4.79 Å². The molecular formula is C15H23N3O. The van der Waals surface area contributed by atoms with E-state index in [4.69, 9.17) is 5.73 Å². The Balaban J connectivity index is 2.00. The van der Waals surface area contributed by atoms with Crippen LogP contribution in [0.3, 0.4) is 0 Å². The van der Waals surface area contributed by atoms with E-state index in [1.165, 1.54) is 18.5 Å².